The van der Waals surface area contributed by atoms with Gasteiger partial charge in [-0.2, -0.15) is 0 Å². The predicted octanol–water partition coefficient (Wildman–Crippen LogP) is 2.26. The molecule has 1 fully saturated rings. The Morgan fingerprint density at radius 1 is 1.62 bits per heavy atom. The molecule has 1 aliphatic rings. The number of thiophene rings is 1. The normalized spacial score (nSPS) is 24.1. The third-order valence-corrected chi connectivity index (χ3v) is 4.30. The lowest BCUT2D eigenvalue weighted by atomic mass is 9.79. The molecule has 1 aromatic rings. The molecular formula is C12H17NO2S. The van der Waals surface area contributed by atoms with Gasteiger partial charge in [-0.25, -0.2) is 0 Å². The molecule has 2 unspecified atom stereocenters. The van der Waals surface area contributed by atoms with Gasteiger partial charge in [-0.3, -0.25) is 4.79 Å². The van der Waals surface area contributed by atoms with Gasteiger partial charge in [0.05, 0.1) is 5.92 Å². The van der Waals surface area contributed by atoms with Crippen LogP contribution in [0.15, 0.2) is 11.4 Å². The molecular weight excluding hydrogens is 222 g/mol. The molecule has 2 N–H and O–H groups in total. The number of aryl methyl sites for hydroxylation is 1. The molecule has 0 aromatic carbocycles. The Hall–Kier alpha value is -0.870. The molecule has 3 nitrogen and oxygen atoms in total. The number of rotatable bonds is 5. The minimum atomic E-state index is -0.661. The van der Waals surface area contributed by atoms with Gasteiger partial charge in [0.2, 0.25) is 0 Å². The summed E-state index contributed by atoms with van der Waals surface area (Å²) in [7, 11) is 0. The second kappa shape index (κ2) is 4.97. The van der Waals surface area contributed by atoms with E-state index in [-0.39, 0.29) is 12.0 Å². The molecule has 0 radical (unpaired) electrons. The molecule has 0 saturated heterocycles. The van der Waals surface area contributed by atoms with Crippen molar-refractivity contribution in [3.05, 3.63) is 21.9 Å². The Labute approximate surface area is 99.5 Å². The average Bonchev–Trinajstić information content (AvgIpc) is 2.62. The standard InChI is InChI=1S/C12H17NO2S/c1-2-8-5-6-16-11(8)7-13-10-4-3-9(10)12(14)15/h5-6,9-10,13H,2-4,7H2,1H3,(H,14,15). The minimum Gasteiger partial charge on any atom is -0.481 e. The lowest BCUT2D eigenvalue weighted by molar-refractivity contribution is -0.146. The van der Waals surface area contributed by atoms with Crippen molar-refractivity contribution in [2.24, 2.45) is 5.92 Å². The van der Waals surface area contributed by atoms with Gasteiger partial charge in [-0.05, 0) is 36.3 Å². The van der Waals surface area contributed by atoms with E-state index in [9.17, 15) is 4.79 Å². The number of carboxylic acids is 1. The van der Waals surface area contributed by atoms with E-state index in [1.807, 2.05) is 0 Å². The number of hydrogen-bond acceptors (Lipinski definition) is 3. The van der Waals surface area contributed by atoms with E-state index in [0.717, 1.165) is 25.8 Å². The highest BCUT2D eigenvalue weighted by atomic mass is 32.1. The summed E-state index contributed by atoms with van der Waals surface area (Å²) in [5.41, 5.74) is 1.38. The van der Waals surface area contributed by atoms with Crippen molar-refractivity contribution in [1.29, 1.82) is 0 Å². The van der Waals surface area contributed by atoms with E-state index >= 15 is 0 Å². The molecule has 0 aliphatic heterocycles. The van der Waals surface area contributed by atoms with Gasteiger partial charge in [0.25, 0.3) is 0 Å². The SMILES string of the molecule is CCc1ccsc1CNC1CCC1C(=O)O. The van der Waals surface area contributed by atoms with Gasteiger partial charge in [0, 0.05) is 17.5 Å². The lowest BCUT2D eigenvalue weighted by Crippen LogP contribution is -2.47. The van der Waals surface area contributed by atoms with Crippen molar-refractivity contribution >= 4 is 17.3 Å². The number of carbonyl (C=O) groups is 1. The quantitative estimate of drug-likeness (QED) is 0.828. The van der Waals surface area contributed by atoms with E-state index < -0.39 is 5.97 Å². The maximum atomic E-state index is 10.8. The van der Waals surface area contributed by atoms with E-state index in [1.165, 1.54) is 10.4 Å². The van der Waals surface area contributed by atoms with Gasteiger partial charge < -0.3 is 10.4 Å². The van der Waals surface area contributed by atoms with Crippen LogP contribution in [0.2, 0.25) is 0 Å². The summed E-state index contributed by atoms with van der Waals surface area (Å²) in [5, 5.41) is 14.4. The second-order valence-corrected chi connectivity index (χ2v) is 5.23. The van der Waals surface area contributed by atoms with Crippen molar-refractivity contribution in [2.75, 3.05) is 0 Å². The summed E-state index contributed by atoms with van der Waals surface area (Å²) in [5.74, 6) is -0.837. The Bertz CT molecular complexity index is 375. The Balaban J connectivity index is 1.86. The third kappa shape index (κ3) is 2.28. The summed E-state index contributed by atoms with van der Waals surface area (Å²) in [6.07, 6.45) is 2.86. The predicted molar refractivity (Wildman–Crippen MR) is 64.7 cm³/mol. The zero-order valence-electron chi connectivity index (χ0n) is 9.40. The highest BCUT2D eigenvalue weighted by molar-refractivity contribution is 7.10. The maximum absolute atomic E-state index is 10.8. The molecule has 0 bridgehead atoms. The molecule has 0 amide bonds. The van der Waals surface area contributed by atoms with E-state index in [4.69, 9.17) is 5.11 Å². The van der Waals surface area contributed by atoms with Crippen LogP contribution in [0.1, 0.15) is 30.2 Å². The third-order valence-electron chi connectivity index (χ3n) is 3.33. The van der Waals surface area contributed by atoms with Crippen LogP contribution < -0.4 is 5.32 Å². The molecule has 0 spiro atoms. The first-order valence-corrected chi connectivity index (χ1v) is 6.61. The van der Waals surface area contributed by atoms with Crippen molar-refractivity contribution in [3.63, 3.8) is 0 Å². The smallest absolute Gasteiger partial charge is 0.308 e. The van der Waals surface area contributed by atoms with Crippen LogP contribution in [0, 0.1) is 5.92 Å². The van der Waals surface area contributed by atoms with Crippen molar-refractivity contribution in [3.8, 4) is 0 Å². The molecule has 88 valence electrons. The van der Waals surface area contributed by atoms with Crippen molar-refractivity contribution in [2.45, 2.75) is 38.8 Å². The van der Waals surface area contributed by atoms with Gasteiger partial charge in [0.1, 0.15) is 0 Å². The second-order valence-electron chi connectivity index (χ2n) is 4.23. The van der Waals surface area contributed by atoms with Crippen LogP contribution in [-0.4, -0.2) is 17.1 Å². The van der Waals surface area contributed by atoms with Crippen LogP contribution >= 0.6 is 11.3 Å². The fourth-order valence-corrected chi connectivity index (χ4v) is 3.03. The summed E-state index contributed by atoms with van der Waals surface area (Å²) in [6, 6.07) is 2.32. The van der Waals surface area contributed by atoms with E-state index in [1.54, 1.807) is 11.3 Å². The lowest BCUT2D eigenvalue weighted by Gasteiger charge is -2.34. The van der Waals surface area contributed by atoms with Gasteiger partial charge in [-0.15, -0.1) is 11.3 Å². The summed E-state index contributed by atoms with van der Waals surface area (Å²) in [4.78, 5) is 12.2. The van der Waals surface area contributed by atoms with E-state index in [2.05, 4.69) is 23.7 Å². The average molecular weight is 239 g/mol. The molecule has 16 heavy (non-hydrogen) atoms. The van der Waals surface area contributed by atoms with E-state index in [0.29, 0.717) is 0 Å². The minimum absolute atomic E-state index is 0.171. The maximum Gasteiger partial charge on any atom is 0.308 e. The van der Waals surface area contributed by atoms with Crippen LogP contribution in [0.3, 0.4) is 0 Å². The highest BCUT2D eigenvalue weighted by Crippen LogP contribution is 2.28. The van der Waals surface area contributed by atoms with Gasteiger partial charge >= 0.3 is 5.97 Å². The fraction of sp³-hybridized carbons (Fsp3) is 0.583. The highest BCUT2D eigenvalue weighted by Gasteiger charge is 2.36. The molecule has 2 rings (SSSR count). The molecule has 1 aliphatic carbocycles. The Morgan fingerprint density at radius 3 is 3.00 bits per heavy atom. The molecule has 1 aromatic heterocycles. The van der Waals surface area contributed by atoms with Crippen LogP contribution in [-0.2, 0) is 17.8 Å². The van der Waals surface area contributed by atoms with Crippen molar-refractivity contribution in [1.82, 2.24) is 5.32 Å². The van der Waals surface area contributed by atoms with Crippen molar-refractivity contribution < 1.29 is 9.90 Å². The first-order chi connectivity index (χ1) is 7.72. The zero-order valence-corrected chi connectivity index (χ0v) is 10.2. The first kappa shape index (κ1) is 11.6. The summed E-state index contributed by atoms with van der Waals surface area (Å²) >= 11 is 1.75. The number of aliphatic carboxylic acids is 1. The molecule has 1 saturated carbocycles. The topological polar surface area (TPSA) is 49.3 Å². The fourth-order valence-electron chi connectivity index (χ4n) is 2.10. The monoisotopic (exact) mass is 239 g/mol. The summed E-state index contributed by atoms with van der Waals surface area (Å²) in [6.45, 7) is 2.96. The largest absolute Gasteiger partial charge is 0.481 e. The number of nitrogens with one attached hydrogen (secondary N) is 1. The first-order valence-electron chi connectivity index (χ1n) is 5.73. The van der Waals surface area contributed by atoms with Crippen LogP contribution in [0.5, 0.6) is 0 Å². The van der Waals surface area contributed by atoms with Gasteiger partial charge in [0.15, 0.2) is 0 Å². The molecule has 4 heteroatoms. The molecule has 2 atom stereocenters. The molecule has 1 heterocycles. The van der Waals surface area contributed by atoms with Crippen LogP contribution in [0.4, 0.5) is 0 Å². The zero-order chi connectivity index (χ0) is 11.5. The Morgan fingerprint density at radius 2 is 2.44 bits per heavy atom. The Kier molecular flexibility index (Phi) is 3.61. The summed E-state index contributed by atoms with van der Waals surface area (Å²) < 4.78 is 0. The number of hydrogen-bond donors (Lipinski definition) is 2. The van der Waals surface area contributed by atoms with Gasteiger partial charge in [-0.1, -0.05) is 6.92 Å². The number of carboxylic acid groups (broad SMARTS) is 1. The van der Waals surface area contributed by atoms with Crippen LogP contribution in [0.25, 0.3) is 0 Å².